The number of benzene rings is 1. The molecule has 0 spiro atoms. The molecule has 1 aromatic heterocycles. The first kappa shape index (κ1) is 15.0. The zero-order valence-corrected chi connectivity index (χ0v) is 12.5. The molecule has 2 aromatic rings. The summed E-state index contributed by atoms with van der Waals surface area (Å²) >= 11 is 0. The molecule has 1 aliphatic heterocycles. The van der Waals surface area contributed by atoms with Crippen LogP contribution in [0.4, 0.5) is 5.82 Å². The Bertz CT molecular complexity index is 768. The van der Waals surface area contributed by atoms with Gasteiger partial charge in [-0.2, -0.15) is 0 Å². The van der Waals surface area contributed by atoms with E-state index in [0.29, 0.717) is 18.0 Å². The van der Waals surface area contributed by atoms with Gasteiger partial charge < -0.3 is 19.6 Å². The van der Waals surface area contributed by atoms with Gasteiger partial charge in [-0.15, -0.1) is 0 Å². The van der Waals surface area contributed by atoms with Gasteiger partial charge in [0.05, 0.1) is 12.2 Å². The standard InChI is InChI=1S/C15H15N3O5/c1-10-16-9-14(18(20)21)17(10)5-7-23-15(19)12-2-3-13-11(8-12)4-6-22-13/h2-3,8-9H,4-7H2,1H3. The quantitative estimate of drug-likeness (QED) is 0.474. The van der Waals surface area contributed by atoms with Crippen molar-refractivity contribution < 1.29 is 19.2 Å². The number of hydrogen-bond acceptors (Lipinski definition) is 6. The number of nitrogens with zero attached hydrogens (tertiary/aromatic N) is 3. The molecule has 0 N–H and O–H groups in total. The number of nitro groups is 1. The molecule has 8 nitrogen and oxygen atoms in total. The van der Waals surface area contributed by atoms with Crippen LogP contribution < -0.4 is 4.74 Å². The van der Waals surface area contributed by atoms with E-state index in [4.69, 9.17) is 9.47 Å². The summed E-state index contributed by atoms with van der Waals surface area (Å²) in [5.41, 5.74) is 1.44. The van der Waals surface area contributed by atoms with Crippen LogP contribution in [0.2, 0.25) is 0 Å². The van der Waals surface area contributed by atoms with Gasteiger partial charge in [0.25, 0.3) is 0 Å². The third kappa shape index (κ3) is 3.01. The fraction of sp³-hybridized carbons (Fsp3) is 0.333. The first-order chi connectivity index (χ1) is 11.1. The maximum Gasteiger partial charge on any atom is 0.342 e. The topological polar surface area (TPSA) is 96.5 Å². The Hall–Kier alpha value is -2.90. The number of ether oxygens (including phenoxy) is 2. The van der Waals surface area contributed by atoms with Crippen LogP contribution in [-0.2, 0) is 17.7 Å². The fourth-order valence-electron chi connectivity index (χ4n) is 2.50. The number of fused-ring (bicyclic) bond motifs is 1. The minimum Gasteiger partial charge on any atom is -0.493 e. The third-order valence-corrected chi connectivity index (χ3v) is 3.69. The molecule has 1 aliphatic rings. The number of imidazole rings is 1. The predicted molar refractivity (Wildman–Crippen MR) is 79.5 cm³/mol. The zero-order chi connectivity index (χ0) is 16.4. The largest absolute Gasteiger partial charge is 0.493 e. The summed E-state index contributed by atoms with van der Waals surface area (Å²) in [6, 6.07) is 5.16. The molecule has 0 fully saturated rings. The van der Waals surface area contributed by atoms with Crippen molar-refractivity contribution in [2.75, 3.05) is 13.2 Å². The minimum atomic E-state index is -0.512. The van der Waals surface area contributed by atoms with E-state index in [1.54, 1.807) is 25.1 Å². The summed E-state index contributed by atoms with van der Waals surface area (Å²) in [6.07, 6.45) is 1.97. The molecule has 8 heteroatoms. The van der Waals surface area contributed by atoms with Crippen LogP contribution in [-0.4, -0.2) is 33.7 Å². The van der Waals surface area contributed by atoms with E-state index in [-0.39, 0.29) is 19.0 Å². The fourth-order valence-corrected chi connectivity index (χ4v) is 2.50. The van der Waals surface area contributed by atoms with Gasteiger partial charge in [-0.05, 0) is 28.7 Å². The predicted octanol–water partition coefficient (Wildman–Crippen LogP) is 1.89. The van der Waals surface area contributed by atoms with Crippen molar-refractivity contribution in [3.05, 3.63) is 51.5 Å². The Morgan fingerprint density at radius 3 is 3.13 bits per heavy atom. The van der Waals surface area contributed by atoms with Crippen LogP contribution in [0.1, 0.15) is 21.7 Å². The van der Waals surface area contributed by atoms with Crippen LogP contribution >= 0.6 is 0 Å². The van der Waals surface area contributed by atoms with Crippen LogP contribution in [0.5, 0.6) is 5.75 Å². The highest BCUT2D eigenvalue weighted by molar-refractivity contribution is 5.89. The maximum absolute atomic E-state index is 12.1. The number of hydrogen-bond donors (Lipinski definition) is 0. The average Bonchev–Trinajstić information content (AvgIpc) is 3.13. The molecule has 0 radical (unpaired) electrons. The lowest BCUT2D eigenvalue weighted by atomic mass is 10.1. The van der Waals surface area contributed by atoms with Gasteiger partial charge in [0.1, 0.15) is 25.1 Å². The SMILES string of the molecule is Cc1ncc([N+](=O)[O-])n1CCOC(=O)c1ccc2c(c1)CCO2. The minimum absolute atomic E-state index is 0.0322. The lowest BCUT2D eigenvalue weighted by molar-refractivity contribution is -0.392. The Kier molecular flexibility index (Phi) is 3.96. The summed E-state index contributed by atoms with van der Waals surface area (Å²) < 4.78 is 12.0. The molecule has 0 aliphatic carbocycles. The molecule has 2 heterocycles. The summed E-state index contributed by atoms with van der Waals surface area (Å²) in [6.45, 7) is 2.50. The van der Waals surface area contributed by atoms with Crippen molar-refractivity contribution in [2.24, 2.45) is 0 Å². The van der Waals surface area contributed by atoms with Crippen LogP contribution in [0, 0.1) is 17.0 Å². The van der Waals surface area contributed by atoms with Crippen molar-refractivity contribution in [1.29, 1.82) is 0 Å². The molecule has 3 rings (SSSR count). The van der Waals surface area contributed by atoms with E-state index in [1.165, 1.54) is 10.8 Å². The van der Waals surface area contributed by atoms with E-state index in [2.05, 4.69) is 4.98 Å². The Labute approximate surface area is 131 Å². The number of aromatic nitrogens is 2. The second-order valence-corrected chi connectivity index (χ2v) is 5.13. The molecule has 23 heavy (non-hydrogen) atoms. The van der Waals surface area contributed by atoms with Gasteiger partial charge in [-0.3, -0.25) is 0 Å². The summed E-state index contributed by atoms with van der Waals surface area (Å²) in [5.74, 6) is 0.724. The van der Waals surface area contributed by atoms with E-state index in [1.807, 2.05) is 0 Å². The summed E-state index contributed by atoms with van der Waals surface area (Å²) in [4.78, 5) is 26.3. The second kappa shape index (κ2) is 6.07. The number of esters is 1. The Balaban J connectivity index is 1.62. The number of rotatable bonds is 5. The van der Waals surface area contributed by atoms with E-state index >= 15 is 0 Å². The molecule has 0 atom stereocenters. The van der Waals surface area contributed by atoms with Gasteiger partial charge in [0.2, 0.25) is 0 Å². The molecule has 0 saturated carbocycles. The van der Waals surface area contributed by atoms with Gasteiger partial charge in [0, 0.05) is 13.3 Å². The van der Waals surface area contributed by atoms with Gasteiger partial charge in [0.15, 0.2) is 5.82 Å². The summed E-state index contributed by atoms with van der Waals surface area (Å²) in [7, 11) is 0. The Morgan fingerprint density at radius 1 is 1.52 bits per heavy atom. The van der Waals surface area contributed by atoms with Gasteiger partial charge in [-0.25, -0.2) is 14.3 Å². The monoisotopic (exact) mass is 317 g/mol. The van der Waals surface area contributed by atoms with Crippen molar-refractivity contribution in [3.8, 4) is 5.75 Å². The first-order valence-corrected chi connectivity index (χ1v) is 7.15. The molecule has 120 valence electrons. The van der Waals surface area contributed by atoms with Gasteiger partial charge >= 0.3 is 11.8 Å². The van der Waals surface area contributed by atoms with Gasteiger partial charge in [-0.1, -0.05) is 0 Å². The van der Waals surface area contributed by atoms with Crippen LogP contribution in [0.3, 0.4) is 0 Å². The van der Waals surface area contributed by atoms with Crippen molar-refractivity contribution in [3.63, 3.8) is 0 Å². The molecule has 0 bridgehead atoms. The molecular weight excluding hydrogens is 302 g/mol. The molecule has 0 amide bonds. The zero-order valence-electron chi connectivity index (χ0n) is 12.5. The third-order valence-electron chi connectivity index (χ3n) is 3.69. The highest BCUT2D eigenvalue weighted by Gasteiger charge is 2.19. The van der Waals surface area contributed by atoms with Crippen LogP contribution in [0.15, 0.2) is 24.4 Å². The number of carbonyl (C=O) groups is 1. The van der Waals surface area contributed by atoms with Crippen molar-refractivity contribution in [2.45, 2.75) is 19.9 Å². The molecule has 1 aromatic carbocycles. The average molecular weight is 317 g/mol. The van der Waals surface area contributed by atoms with E-state index in [0.717, 1.165) is 17.7 Å². The molecule has 0 saturated heterocycles. The molecule has 0 unspecified atom stereocenters. The summed E-state index contributed by atoms with van der Waals surface area (Å²) in [5, 5.41) is 10.9. The van der Waals surface area contributed by atoms with E-state index < -0.39 is 10.9 Å². The Morgan fingerprint density at radius 2 is 2.35 bits per heavy atom. The second-order valence-electron chi connectivity index (χ2n) is 5.13. The van der Waals surface area contributed by atoms with Crippen LogP contribution in [0.25, 0.3) is 0 Å². The molecular formula is C15H15N3O5. The highest BCUT2D eigenvalue weighted by atomic mass is 16.6. The lowest BCUT2D eigenvalue weighted by Crippen LogP contribution is -2.14. The van der Waals surface area contributed by atoms with E-state index in [9.17, 15) is 14.9 Å². The highest BCUT2D eigenvalue weighted by Crippen LogP contribution is 2.26. The first-order valence-electron chi connectivity index (χ1n) is 7.15. The van der Waals surface area contributed by atoms with Crippen molar-refractivity contribution in [1.82, 2.24) is 9.55 Å². The number of aryl methyl sites for hydroxylation is 1. The normalized spacial score (nSPS) is 12.6. The number of carbonyl (C=O) groups excluding carboxylic acids is 1. The van der Waals surface area contributed by atoms with Crippen molar-refractivity contribution >= 4 is 11.8 Å². The smallest absolute Gasteiger partial charge is 0.342 e. The maximum atomic E-state index is 12.1. The lowest BCUT2D eigenvalue weighted by Gasteiger charge is -2.06.